The van der Waals surface area contributed by atoms with Gasteiger partial charge in [0.15, 0.2) is 0 Å². The van der Waals surface area contributed by atoms with Crippen molar-refractivity contribution in [3.63, 3.8) is 0 Å². The van der Waals surface area contributed by atoms with Crippen molar-refractivity contribution in [3.8, 4) is 0 Å². The van der Waals surface area contributed by atoms with Crippen LogP contribution in [0.25, 0.3) is 0 Å². The highest BCUT2D eigenvalue weighted by Crippen LogP contribution is 2.50. The van der Waals surface area contributed by atoms with Gasteiger partial charge in [0, 0.05) is 4.47 Å². The van der Waals surface area contributed by atoms with Gasteiger partial charge in [-0.25, -0.2) is 0 Å². The van der Waals surface area contributed by atoms with Crippen LogP contribution >= 0.6 is 27.5 Å². The molecule has 1 aliphatic carbocycles. The van der Waals surface area contributed by atoms with Gasteiger partial charge < -0.3 is 0 Å². The van der Waals surface area contributed by atoms with E-state index in [9.17, 15) is 0 Å². The summed E-state index contributed by atoms with van der Waals surface area (Å²) < 4.78 is 1.11. The summed E-state index contributed by atoms with van der Waals surface area (Å²) in [6.45, 7) is 2.26. The Morgan fingerprint density at radius 3 is 2.38 bits per heavy atom. The number of hydrogen-bond acceptors (Lipinski definition) is 0. The molecule has 0 radical (unpaired) electrons. The van der Waals surface area contributed by atoms with E-state index in [1.165, 1.54) is 12.0 Å². The van der Waals surface area contributed by atoms with Crippen molar-refractivity contribution < 1.29 is 0 Å². The summed E-state index contributed by atoms with van der Waals surface area (Å²) in [5.41, 5.74) is 1.25. The third-order valence-corrected chi connectivity index (χ3v) is 3.84. The van der Waals surface area contributed by atoms with Crippen LogP contribution in [-0.2, 0) is 0 Å². The second-order valence-electron chi connectivity index (χ2n) is 3.83. The van der Waals surface area contributed by atoms with E-state index in [0.29, 0.717) is 5.92 Å². The molecule has 0 N–H and O–H groups in total. The summed E-state index contributed by atoms with van der Waals surface area (Å²) in [6, 6.07) is 8.31. The lowest BCUT2D eigenvalue weighted by Gasteiger charge is -2.08. The lowest BCUT2D eigenvalue weighted by molar-refractivity contribution is 0.722. The van der Waals surface area contributed by atoms with E-state index in [-0.39, 0.29) is 5.38 Å². The molecule has 1 fully saturated rings. The molecule has 1 aromatic rings. The molecule has 1 aromatic carbocycles. The molecule has 13 heavy (non-hydrogen) atoms. The van der Waals surface area contributed by atoms with Crippen LogP contribution in [0.2, 0.25) is 0 Å². The molecule has 1 aliphatic rings. The zero-order valence-corrected chi connectivity index (χ0v) is 9.85. The monoisotopic (exact) mass is 258 g/mol. The van der Waals surface area contributed by atoms with E-state index >= 15 is 0 Å². The molecule has 3 unspecified atom stereocenters. The number of hydrogen-bond donors (Lipinski definition) is 0. The first-order valence-electron chi connectivity index (χ1n) is 4.58. The molecule has 0 amide bonds. The van der Waals surface area contributed by atoms with E-state index in [1.807, 2.05) is 0 Å². The van der Waals surface area contributed by atoms with Crippen LogP contribution in [-0.4, -0.2) is 0 Å². The van der Waals surface area contributed by atoms with Crippen LogP contribution in [0.4, 0.5) is 0 Å². The minimum Gasteiger partial charge on any atom is -0.118 e. The lowest BCUT2D eigenvalue weighted by atomic mass is 10.1. The summed E-state index contributed by atoms with van der Waals surface area (Å²) in [5.74, 6) is 1.51. The van der Waals surface area contributed by atoms with Crippen LogP contribution in [0.1, 0.15) is 24.3 Å². The number of rotatable bonds is 2. The van der Waals surface area contributed by atoms with Gasteiger partial charge in [-0.05, 0) is 36.0 Å². The zero-order valence-electron chi connectivity index (χ0n) is 7.50. The molecule has 2 heteroatoms. The van der Waals surface area contributed by atoms with Crippen molar-refractivity contribution in [3.05, 3.63) is 34.3 Å². The van der Waals surface area contributed by atoms with Gasteiger partial charge in [0.25, 0.3) is 0 Å². The minimum atomic E-state index is 0.211. The van der Waals surface area contributed by atoms with Gasteiger partial charge in [-0.15, -0.1) is 11.6 Å². The van der Waals surface area contributed by atoms with E-state index in [2.05, 4.69) is 47.1 Å². The smallest absolute Gasteiger partial charge is 0.0616 e. The second kappa shape index (κ2) is 3.62. The Morgan fingerprint density at radius 2 is 1.92 bits per heavy atom. The molecule has 0 saturated heterocycles. The average Bonchev–Trinajstić information content (AvgIpc) is 2.83. The topological polar surface area (TPSA) is 0 Å². The lowest BCUT2D eigenvalue weighted by Crippen LogP contribution is -1.93. The molecule has 3 atom stereocenters. The Bertz CT molecular complexity index is 293. The summed E-state index contributed by atoms with van der Waals surface area (Å²) in [4.78, 5) is 0. The summed E-state index contributed by atoms with van der Waals surface area (Å²) in [6.07, 6.45) is 1.28. The van der Waals surface area contributed by atoms with Gasteiger partial charge in [0.2, 0.25) is 0 Å². The molecule has 2 rings (SSSR count). The van der Waals surface area contributed by atoms with Crippen LogP contribution in [0, 0.1) is 11.8 Å². The Hall–Kier alpha value is -0.0100. The predicted octanol–water partition coefficient (Wildman–Crippen LogP) is 4.39. The van der Waals surface area contributed by atoms with Crippen molar-refractivity contribution in [2.45, 2.75) is 18.7 Å². The van der Waals surface area contributed by atoms with Crippen molar-refractivity contribution >= 4 is 27.5 Å². The number of alkyl halides is 1. The summed E-state index contributed by atoms with van der Waals surface area (Å²) in [7, 11) is 0. The SMILES string of the molecule is CC1CC1C(Cl)c1ccc(Br)cc1. The third kappa shape index (κ3) is 2.08. The van der Waals surface area contributed by atoms with Crippen LogP contribution in [0.3, 0.4) is 0 Å². The molecule has 0 aromatic heterocycles. The molecule has 1 saturated carbocycles. The van der Waals surface area contributed by atoms with Crippen LogP contribution in [0.15, 0.2) is 28.7 Å². The van der Waals surface area contributed by atoms with E-state index in [0.717, 1.165) is 10.4 Å². The molecular formula is C11H12BrCl. The number of halogens is 2. The average molecular weight is 260 g/mol. The fraction of sp³-hybridized carbons (Fsp3) is 0.455. The first-order chi connectivity index (χ1) is 6.18. The Balaban J connectivity index is 2.12. The van der Waals surface area contributed by atoms with Gasteiger partial charge in [-0.2, -0.15) is 0 Å². The fourth-order valence-corrected chi connectivity index (χ4v) is 2.41. The molecule has 0 aliphatic heterocycles. The van der Waals surface area contributed by atoms with Crippen molar-refractivity contribution in [2.75, 3.05) is 0 Å². The van der Waals surface area contributed by atoms with Crippen LogP contribution < -0.4 is 0 Å². The highest BCUT2D eigenvalue weighted by Gasteiger charge is 2.39. The molecule has 0 nitrogen and oxygen atoms in total. The number of benzene rings is 1. The van der Waals surface area contributed by atoms with Crippen molar-refractivity contribution in [2.24, 2.45) is 11.8 Å². The molecular weight excluding hydrogens is 247 g/mol. The highest BCUT2D eigenvalue weighted by atomic mass is 79.9. The Labute approximate surface area is 92.4 Å². The third-order valence-electron chi connectivity index (χ3n) is 2.74. The van der Waals surface area contributed by atoms with E-state index in [1.54, 1.807) is 0 Å². The van der Waals surface area contributed by atoms with Crippen molar-refractivity contribution in [1.82, 2.24) is 0 Å². The van der Waals surface area contributed by atoms with E-state index in [4.69, 9.17) is 11.6 Å². The van der Waals surface area contributed by atoms with Gasteiger partial charge in [-0.1, -0.05) is 35.0 Å². The van der Waals surface area contributed by atoms with Gasteiger partial charge in [0.05, 0.1) is 5.38 Å². The standard InChI is InChI=1S/C11H12BrCl/c1-7-6-10(7)11(13)8-2-4-9(12)5-3-8/h2-5,7,10-11H,6H2,1H3. The maximum absolute atomic E-state index is 6.34. The maximum atomic E-state index is 6.34. The minimum absolute atomic E-state index is 0.211. The Kier molecular flexibility index (Phi) is 2.66. The van der Waals surface area contributed by atoms with E-state index < -0.39 is 0 Å². The normalized spacial score (nSPS) is 28.5. The van der Waals surface area contributed by atoms with Gasteiger partial charge >= 0.3 is 0 Å². The summed E-state index contributed by atoms with van der Waals surface area (Å²) in [5, 5.41) is 0.211. The summed E-state index contributed by atoms with van der Waals surface area (Å²) >= 11 is 9.75. The molecule has 70 valence electrons. The van der Waals surface area contributed by atoms with Crippen molar-refractivity contribution in [1.29, 1.82) is 0 Å². The predicted molar refractivity (Wildman–Crippen MR) is 60.0 cm³/mol. The molecule has 0 bridgehead atoms. The first kappa shape index (κ1) is 9.54. The highest BCUT2D eigenvalue weighted by molar-refractivity contribution is 9.10. The largest absolute Gasteiger partial charge is 0.118 e. The second-order valence-corrected chi connectivity index (χ2v) is 5.22. The van der Waals surface area contributed by atoms with Crippen LogP contribution in [0.5, 0.6) is 0 Å². The zero-order chi connectivity index (χ0) is 9.42. The quantitative estimate of drug-likeness (QED) is 0.691. The van der Waals surface area contributed by atoms with Gasteiger partial charge in [-0.3, -0.25) is 0 Å². The molecule has 0 spiro atoms. The fourth-order valence-electron chi connectivity index (χ4n) is 1.65. The Morgan fingerprint density at radius 1 is 1.38 bits per heavy atom. The van der Waals surface area contributed by atoms with Gasteiger partial charge in [0.1, 0.15) is 0 Å². The molecule has 0 heterocycles. The first-order valence-corrected chi connectivity index (χ1v) is 5.81. The maximum Gasteiger partial charge on any atom is 0.0616 e.